The number of carbonyl (C=O) groups excluding carboxylic acids is 2. The molecular formula is C18H25NO4. The Morgan fingerprint density at radius 2 is 1.87 bits per heavy atom. The van der Waals surface area contributed by atoms with E-state index in [1.165, 1.54) is 0 Å². The summed E-state index contributed by atoms with van der Waals surface area (Å²) >= 11 is 0. The molecule has 1 heterocycles. The second-order valence-electron chi connectivity index (χ2n) is 5.78. The molecule has 1 aliphatic rings. The van der Waals surface area contributed by atoms with Gasteiger partial charge >= 0.3 is 12.1 Å². The number of ether oxygens (including phenoxy) is 2. The van der Waals surface area contributed by atoms with Gasteiger partial charge in [-0.15, -0.1) is 0 Å². The van der Waals surface area contributed by atoms with E-state index in [-0.39, 0.29) is 30.6 Å². The van der Waals surface area contributed by atoms with Gasteiger partial charge in [-0.1, -0.05) is 37.3 Å². The van der Waals surface area contributed by atoms with Crippen LogP contribution in [0.3, 0.4) is 0 Å². The minimum atomic E-state index is -0.352. The van der Waals surface area contributed by atoms with Crippen molar-refractivity contribution in [1.82, 2.24) is 4.90 Å². The van der Waals surface area contributed by atoms with Crippen LogP contribution in [0, 0.1) is 5.92 Å². The maximum absolute atomic E-state index is 12.4. The summed E-state index contributed by atoms with van der Waals surface area (Å²) in [6, 6.07) is 9.71. The molecule has 2 rings (SSSR count). The first-order chi connectivity index (χ1) is 11.2. The van der Waals surface area contributed by atoms with E-state index in [0.29, 0.717) is 13.2 Å². The number of likely N-dealkylation sites (tertiary alicyclic amines) is 1. The summed E-state index contributed by atoms with van der Waals surface area (Å²) in [5.41, 5.74) is 0.952. The zero-order valence-electron chi connectivity index (χ0n) is 13.9. The molecule has 1 saturated heterocycles. The molecule has 1 amide bonds. The number of esters is 1. The van der Waals surface area contributed by atoms with Gasteiger partial charge in [0.2, 0.25) is 0 Å². The molecule has 0 aliphatic carbocycles. The second kappa shape index (κ2) is 8.56. The third-order valence-corrected chi connectivity index (χ3v) is 4.24. The Morgan fingerprint density at radius 1 is 1.13 bits per heavy atom. The average molecular weight is 319 g/mol. The highest BCUT2D eigenvalue weighted by molar-refractivity contribution is 5.75. The highest BCUT2D eigenvalue weighted by Crippen LogP contribution is 2.26. The van der Waals surface area contributed by atoms with Crippen molar-refractivity contribution >= 4 is 12.1 Å². The first-order valence-corrected chi connectivity index (χ1v) is 8.29. The summed E-state index contributed by atoms with van der Waals surface area (Å²) < 4.78 is 10.5. The highest BCUT2D eigenvalue weighted by atomic mass is 16.6. The van der Waals surface area contributed by atoms with Crippen LogP contribution in [-0.4, -0.2) is 36.2 Å². The zero-order chi connectivity index (χ0) is 16.7. The summed E-state index contributed by atoms with van der Waals surface area (Å²) in [6.07, 6.45) is 2.07. The maximum Gasteiger partial charge on any atom is 0.410 e. The zero-order valence-corrected chi connectivity index (χ0v) is 13.9. The van der Waals surface area contributed by atoms with Gasteiger partial charge < -0.3 is 14.4 Å². The van der Waals surface area contributed by atoms with Gasteiger partial charge in [0.25, 0.3) is 0 Å². The summed E-state index contributed by atoms with van der Waals surface area (Å²) in [5.74, 6) is -0.468. The van der Waals surface area contributed by atoms with E-state index in [0.717, 1.165) is 24.8 Å². The van der Waals surface area contributed by atoms with E-state index in [4.69, 9.17) is 9.47 Å². The molecule has 2 atom stereocenters. The van der Waals surface area contributed by atoms with Crippen molar-refractivity contribution < 1.29 is 19.1 Å². The van der Waals surface area contributed by atoms with E-state index in [1.807, 2.05) is 37.3 Å². The highest BCUT2D eigenvalue weighted by Gasteiger charge is 2.35. The van der Waals surface area contributed by atoms with Crippen LogP contribution in [-0.2, 0) is 20.9 Å². The topological polar surface area (TPSA) is 55.8 Å². The van der Waals surface area contributed by atoms with Gasteiger partial charge in [-0.25, -0.2) is 4.79 Å². The summed E-state index contributed by atoms with van der Waals surface area (Å²) in [4.78, 5) is 26.0. The van der Waals surface area contributed by atoms with Crippen LogP contribution in [0.15, 0.2) is 30.3 Å². The molecule has 0 N–H and O–H groups in total. The van der Waals surface area contributed by atoms with Crippen LogP contribution in [0.1, 0.15) is 38.7 Å². The molecule has 5 heteroatoms. The number of hydrogen-bond acceptors (Lipinski definition) is 4. The number of hydrogen-bond donors (Lipinski definition) is 0. The van der Waals surface area contributed by atoms with Crippen LogP contribution >= 0.6 is 0 Å². The smallest absolute Gasteiger partial charge is 0.410 e. The van der Waals surface area contributed by atoms with Crippen LogP contribution < -0.4 is 0 Å². The molecule has 0 saturated carbocycles. The Balaban J connectivity index is 1.95. The summed E-state index contributed by atoms with van der Waals surface area (Å²) in [7, 11) is 0. The molecule has 0 spiro atoms. The van der Waals surface area contributed by atoms with Crippen LogP contribution in [0.5, 0.6) is 0 Å². The van der Waals surface area contributed by atoms with Gasteiger partial charge in [0.15, 0.2) is 0 Å². The van der Waals surface area contributed by atoms with Crippen LogP contribution in [0.2, 0.25) is 0 Å². The molecule has 0 bridgehead atoms. The Bertz CT molecular complexity index is 517. The predicted octanol–water partition coefficient (Wildman–Crippen LogP) is 3.38. The fourth-order valence-electron chi connectivity index (χ4n) is 2.93. The third-order valence-electron chi connectivity index (χ3n) is 4.24. The molecule has 1 aliphatic heterocycles. The number of amides is 1. The summed E-state index contributed by atoms with van der Waals surface area (Å²) in [5, 5.41) is 0. The van der Waals surface area contributed by atoms with E-state index in [1.54, 1.807) is 11.8 Å². The minimum Gasteiger partial charge on any atom is -0.466 e. The van der Waals surface area contributed by atoms with Crippen molar-refractivity contribution in [3.63, 3.8) is 0 Å². The monoisotopic (exact) mass is 319 g/mol. The van der Waals surface area contributed by atoms with Crippen molar-refractivity contribution in [3.05, 3.63) is 35.9 Å². The fraction of sp³-hybridized carbons (Fsp3) is 0.556. The standard InChI is InChI=1S/C18H25NO4/c1-3-16-11-10-15(17(20)22-4-2)12-19(16)18(21)23-13-14-8-6-5-7-9-14/h5-9,15-16H,3-4,10-13H2,1-2H3/t15-,16?/m0/s1. The van der Waals surface area contributed by atoms with E-state index >= 15 is 0 Å². The van der Waals surface area contributed by atoms with Crippen molar-refractivity contribution in [2.75, 3.05) is 13.2 Å². The van der Waals surface area contributed by atoms with Gasteiger partial charge in [-0.3, -0.25) is 4.79 Å². The number of piperidine rings is 1. The van der Waals surface area contributed by atoms with Crippen molar-refractivity contribution in [2.24, 2.45) is 5.92 Å². The number of nitrogens with zero attached hydrogens (tertiary/aromatic N) is 1. The first kappa shape index (κ1) is 17.3. The number of rotatable bonds is 5. The summed E-state index contributed by atoms with van der Waals surface area (Å²) in [6.45, 7) is 4.83. The third kappa shape index (κ3) is 4.71. The van der Waals surface area contributed by atoms with Crippen LogP contribution in [0.25, 0.3) is 0 Å². The molecule has 126 valence electrons. The predicted molar refractivity (Wildman–Crippen MR) is 86.8 cm³/mol. The SMILES string of the molecule is CCOC(=O)[C@H]1CCC(CC)N(C(=O)OCc2ccccc2)C1. The van der Waals surface area contributed by atoms with E-state index < -0.39 is 0 Å². The Morgan fingerprint density at radius 3 is 2.52 bits per heavy atom. The first-order valence-electron chi connectivity index (χ1n) is 8.29. The molecule has 23 heavy (non-hydrogen) atoms. The molecule has 1 fully saturated rings. The van der Waals surface area contributed by atoms with Crippen molar-refractivity contribution in [1.29, 1.82) is 0 Å². The Hall–Kier alpha value is -2.04. The molecule has 1 aromatic rings. The van der Waals surface area contributed by atoms with E-state index in [2.05, 4.69) is 0 Å². The van der Waals surface area contributed by atoms with Gasteiger partial charge in [-0.05, 0) is 31.7 Å². The molecular weight excluding hydrogens is 294 g/mol. The lowest BCUT2D eigenvalue weighted by molar-refractivity contribution is -0.150. The van der Waals surface area contributed by atoms with Crippen molar-refractivity contribution in [2.45, 2.75) is 45.8 Å². The Labute approximate surface area is 137 Å². The van der Waals surface area contributed by atoms with Crippen molar-refractivity contribution in [3.8, 4) is 0 Å². The molecule has 1 unspecified atom stereocenters. The lowest BCUT2D eigenvalue weighted by Crippen LogP contribution is -2.48. The molecule has 0 aromatic heterocycles. The lowest BCUT2D eigenvalue weighted by atomic mass is 9.92. The number of benzene rings is 1. The average Bonchev–Trinajstić information content (AvgIpc) is 2.60. The van der Waals surface area contributed by atoms with Gasteiger partial charge in [0.05, 0.1) is 12.5 Å². The molecule has 5 nitrogen and oxygen atoms in total. The van der Waals surface area contributed by atoms with Gasteiger partial charge in [0, 0.05) is 12.6 Å². The van der Waals surface area contributed by atoms with Gasteiger partial charge in [-0.2, -0.15) is 0 Å². The largest absolute Gasteiger partial charge is 0.466 e. The fourth-order valence-corrected chi connectivity index (χ4v) is 2.93. The molecule has 1 aromatic carbocycles. The van der Waals surface area contributed by atoms with E-state index in [9.17, 15) is 9.59 Å². The maximum atomic E-state index is 12.4. The van der Waals surface area contributed by atoms with Crippen LogP contribution in [0.4, 0.5) is 4.79 Å². The lowest BCUT2D eigenvalue weighted by Gasteiger charge is -2.37. The van der Waals surface area contributed by atoms with Gasteiger partial charge in [0.1, 0.15) is 6.61 Å². The minimum absolute atomic E-state index is 0.129. The normalized spacial score (nSPS) is 20.9. The molecule has 0 radical (unpaired) electrons. The second-order valence-corrected chi connectivity index (χ2v) is 5.78. The quantitative estimate of drug-likeness (QED) is 0.781. The number of carbonyl (C=O) groups is 2. The Kier molecular flexibility index (Phi) is 6.44.